The van der Waals surface area contributed by atoms with Crippen LogP contribution in [-0.2, 0) is 0 Å². The molecule has 2 aromatic rings. The molecule has 0 fully saturated rings. The minimum absolute atomic E-state index is 0.569. The second-order valence-corrected chi connectivity index (χ2v) is 6.19. The van der Waals surface area contributed by atoms with Crippen molar-refractivity contribution in [1.82, 2.24) is 4.98 Å². The average molecular weight is 385 g/mol. The monoisotopic (exact) mass is 383 g/mol. The Labute approximate surface area is 130 Å². The fourth-order valence-corrected chi connectivity index (χ4v) is 2.76. The zero-order valence-corrected chi connectivity index (χ0v) is 14.0. The minimum Gasteiger partial charge on any atom is -0.438 e. The zero-order valence-electron chi connectivity index (χ0n) is 10.9. The standard InChI is InChI=1S/C15H15Br2NO/c1-3-10(2)11-4-6-13(7-5-11)19-15-14(17)8-12(16)9-18-15/h4-10H,3H2,1-2H3. The van der Waals surface area contributed by atoms with E-state index in [1.807, 2.05) is 18.2 Å². The number of aromatic nitrogens is 1. The maximum atomic E-state index is 5.75. The van der Waals surface area contributed by atoms with E-state index >= 15 is 0 Å². The largest absolute Gasteiger partial charge is 0.438 e. The summed E-state index contributed by atoms with van der Waals surface area (Å²) in [5.41, 5.74) is 1.33. The lowest BCUT2D eigenvalue weighted by Gasteiger charge is -2.10. The van der Waals surface area contributed by atoms with Crippen LogP contribution < -0.4 is 4.74 Å². The Bertz CT molecular complexity index is 555. The molecule has 1 unspecified atom stereocenters. The molecule has 1 heterocycles. The quantitative estimate of drug-likeness (QED) is 0.653. The van der Waals surface area contributed by atoms with E-state index in [-0.39, 0.29) is 0 Å². The van der Waals surface area contributed by atoms with Crippen molar-refractivity contribution in [2.45, 2.75) is 26.2 Å². The van der Waals surface area contributed by atoms with Crippen LogP contribution in [0.15, 0.2) is 45.5 Å². The molecule has 0 aliphatic heterocycles. The SMILES string of the molecule is CCC(C)c1ccc(Oc2ncc(Br)cc2Br)cc1. The van der Waals surface area contributed by atoms with Gasteiger partial charge in [0.25, 0.3) is 0 Å². The molecule has 0 saturated carbocycles. The van der Waals surface area contributed by atoms with Gasteiger partial charge in [0.05, 0.1) is 4.47 Å². The van der Waals surface area contributed by atoms with Gasteiger partial charge in [-0.1, -0.05) is 26.0 Å². The van der Waals surface area contributed by atoms with Crippen molar-refractivity contribution in [1.29, 1.82) is 0 Å². The lowest BCUT2D eigenvalue weighted by molar-refractivity contribution is 0.459. The molecule has 19 heavy (non-hydrogen) atoms. The predicted octanol–water partition coefficient (Wildman–Crippen LogP) is 5.91. The number of halogens is 2. The summed E-state index contributed by atoms with van der Waals surface area (Å²) >= 11 is 6.80. The van der Waals surface area contributed by atoms with Crippen molar-refractivity contribution in [3.63, 3.8) is 0 Å². The average Bonchev–Trinajstić information content (AvgIpc) is 2.42. The summed E-state index contributed by atoms with van der Waals surface area (Å²) in [6.45, 7) is 4.42. The summed E-state index contributed by atoms with van der Waals surface area (Å²) in [6, 6.07) is 10.1. The molecule has 0 amide bonds. The van der Waals surface area contributed by atoms with Gasteiger partial charge < -0.3 is 4.74 Å². The Kier molecular flexibility index (Phi) is 4.99. The first kappa shape index (κ1) is 14.5. The Morgan fingerprint density at radius 1 is 1.21 bits per heavy atom. The van der Waals surface area contributed by atoms with Crippen LogP contribution in [0, 0.1) is 0 Å². The molecular weight excluding hydrogens is 370 g/mol. The lowest BCUT2D eigenvalue weighted by Crippen LogP contribution is -1.92. The van der Waals surface area contributed by atoms with Crippen LogP contribution in [0.4, 0.5) is 0 Å². The van der Waals surface area contributed by atoms with Crippen molar-refractivity contribution in [3.05, 3.63) is 51.0 Å². The molecule has 0 aliphatic rings. The molecule has 0 spiro atoms. The van der Waals surface area contributed by atoms with Crippen LogP contribution in [0.2, 0.25) is 0 Å². The van der Waals surface area contributed by atoms with Crippen LogP contribution in [0.3, 0.4) is 0 Å². The van der Waals surface area contributed by atoms with Gasteiger partial charge in [-0.15, -0.1) is 0 Å². The number of hydrogen-bond donors (Lipinski definition) is 0. The first-order valence-corrected chi connectivity index (χ1v) is 7.77. The third kappa shape index (κ3) is 3.80. The number of nitrogens with zero attached hydrogens (tertiary/aromatic N) is 1. The van der Waals surface area contributed by atoms with Crippen LogP contribution in [-0.4, -0.2) is 4.98 Å². The van der Waals surface area contributed by atoms with Gasteiger partial charge in [-0.2, -0.15) is 0 Å². The Hall–Kier alpha value is -0.870. The minimum atomic E-state index is 0.569. The van der Waals surface area contributed by atoms with Gasteiger partial charge in [0.2, 0.25) is 5.88 Å². The van der Waals surface area contributed by atoms with Crippen molar-refractivity contribution in [2.75, 3.05) is 0 Å². The number of hydrogen-bond acceptors (Lipinski definition) is 2. The predicted molar refractivity (Wildman–Crippen MR) is 84.9 cm³/mol. The molecule has 100 valence electrons. The van der Waals surface area contributed by atoms with Crippen molar-refractivity contribution < 1.29 is 4.74 Å². The molecule has 0 bridgehead atoms. The highest BCUT2D eigenvalue weighted by Gasteiger charge is 2.06. The molecule has 4 heteroatoms. The summed E-state index contributed by atoms with van der Waals surface area (Å²) in [5.74, 6) is 1.94. The van der Waals surface area contributed by atoms with Gasteiger partial charge >= 0.3 is 0 Å². The first-order chi connectivity index (χ1) is 9.10. The molecule has 1 aromatic heterocycles. The fraction of sp³-hybridized carbons (Fsp3) is 0.267. The van der Waals surface area contributed by atoms with E-state index in [2.05, 4.69) is 62.8 Å². The molecule has 2 rings (SSSR count). The van der Waals surface area contributed by atoms with E-state index in [1.165, 1.54) is 5.56 Å². The third-order valence-electron chi connectivity index (χ3n) is 3.05. The van der Waals surface area contributed by atoms with Gasteiger partial charge in [-0.25, -0.2) is 4.98 Å². The molecule has 1 aromatic carbocycles. The van der Waals surface area contributed by atoms with E-state index in [0.29, 0.717) is 11.8 Å². The summed E-state index contributed by atoms with van der Waals surface area (Å²) in [6.07, 6.45) is 2.85. The van der Waals surface area contributed by atoms with E-state index in [4.69, 9.17) is 4.74 Å². The molecule has 1 atom stereocenters. The molecular formula is C15H15Br2NO. The highest BCUT2D eigenvalue weighted by Crippen LogP contribution is 2.30. The van der Waals surface area contributed by atoms with Crippen molar-refractivity contribution >= 4 is 31.9 Å². The summed E-state index contributed by atoms with van der Waals surface area (Å²) in [7, 11) is 0. The lowest BCUT2D eigenvalue weighted by atomic mass is 9.99. The van der Waals surface area contributed by atoms with E-state index in [9.17, 15) is 0 Å². The Morgan fingerprint density at radius 2 is 1.89 bits per heavy atom. The zero-order chi connectivity index (χ0) is 13.8. The molecule has 0 aliphatic carbocycles. The second kappa shape index (κ2) is 6.53. The Balaban J connectivity index is 2.15. The first-order valence-electron chi connectivity index (χ1n) is 6.19. The molecule has 0 radical (unpaired) electrons. The maximum Gasteiger partial charge on any atom is 0.233 e. The number of benzene rings is 1. The summed E-state index contributed by atoms with van der Waals surface area (Å²) in [5, 5.41) is 0. The Morgan fingerprint density at radius 3 is 2.47 bits per heavy atom. The van der Waals surface area contributed by atoms with Crippen LogP contribution >= 0.6 is 31.9 Å². The van der Waals surface area contributed by atoms with Gasteiger partial charge in [-0.3, -0.25) is 0 Å². The fourth-order valence-electron chi connectivity index (χ4n) is 1.69. The summed E-state index contributed by atoms with van der Waals surface area (Å²) in [4.78, 5) is 4.23. The van der Waals surface area contributed by atoms with Crippen LogP contribution in [0.25, 0.3) is 0 Å². The number of ether oxygens (including phenoxy) is 1. The van der Waals surface area contributed by atoms with E-state index < -0.39 is 0 Å². The highest BCUT2D eigenvalue weighted by atomic mass is 79.9. The summed E-state index contributed by atoms with van der Waals surface area (Å²) < 4.78 is 7.50. The smallest absolute Gasteiger partial charge is 0.233 e. The van der Waals surface area contributed by atoms with E-state index in [0.717, 1.165) is 21.1 Å². The molecule has 0 saturated heterocycles. The third-order valence-corrected chi connectivity index (χ3v) is 4.05. The number of pyridine rings is 1. The molecule has 2 nitrogen and oxygen atoms in total. The topological polar surface area (TPSA) is 22.1 Å². The molecule has 0 N–H and O–H groups in total. The van der Waals surface area contributed by atoms with Gasteiger partial charge in [0.15, 0.2) is 0 Å². The van der Waals surface area contributed by atoms with Crippen molar-refractivity contribution in [2.24, 2.45) is 0 Å². The van der Waals surface area contributed by atoms with E-state index in [1.54, 1.807) is 6.20 Å². The number of rotatable bonds is 4. The van der Waals surface area contributed by atoms with Gasteiger partial charge in [0.1, 0.15) is 5.75 Å². The van der Waals surface area contributed by atoms with Crippen LogP contribution in [0.5, 0.6) is 11.6 Å². The maximum absolute atomic E-state index is 5.75. The van der Waals surface area contributed by atoms with Crippen LogP contribution in [0.1, 0.15) is 31.7 Å². The van der Waals surface area contributed by atoms with Gasteiger partial charge in [0, 0.05) is 10.7 Å². The van der Waals surface area contributed by atoms with Gasteiger partial charge in [-0.05, 0) is 68.0 Å². The van der Waals surface area contributed by atoms with Crippen molar-refractivity contribution in [3.8, 4) is 11.6 Å². The normalized spacial score (nSPS) is 12.2. The second-order valence-electron chi connectivity index (χ2n) is 4.42. The highest BCUT2D eigenvalue weighted by molar-refractivity contribution is 9.11.